The number of carbonyl (C=O) groups excluding carboxylic acids is 2. The molecule has 0 saturated heterocycles. The summed E-state index contributed by atoms with van der Waals surface area (Å²) in [6, 6.07) is 16.7. The third-order valence-electron chi connectivity index (χ3n) is 16.8. The van der Waals surface area contributed by atoms with Crippen LogP contribution in [0.5, 0.6) is 23.0 Å². The molecule has 1 unspecified atom stereocenters. The molecule has 1 amide bonds. The molecule has 4 aromatic rings. The number of allylic oxidation sites excluding steroid dienone is 4. The van der Waals surface area contributed by atoms with Gasteiger partial charge in [-0.3, -0.25) is 9.59 Å². The monoisotopic (exact) mass is 943 g/mol. The highest BCUT2D eigenvalue weighted by molar-refractivity contribution is 6.33. The van der Waals surface area contributed by atoms with Gasteiger partial charge >= 0.3 is 6.18 Å². The summed E-state index contributed by atoms with van der Waals surface area (Å²) in [4.78, 5) is 31.8. The summed E-state index contributed by atoms with van der Waals surface area (Å²) >= 11 is 6.43. The lowest BCUT2D eigenvalue weighted by molar-refractivity contribution is -0.178. The topological polar surface area (TPSA) is 128 Å². The lowest BCUT2D eigenvalue weighted by Gasteiger charge is -2.71. The number of Topliss-reactive ketones (excluding diaryl/α,β-unsaturated/α-hetero) is 1. The van der Waals surface area contributed by atoms with Gasteiger partial charge in [-0.2, -0.15) is 13.2 Å². The highest BCUT2D eigenvalue weighted by Gasteiger charge is 2.74. The van der Waals surface area contributed by atoms with Crippen molar-refractivity contribution in [2.45, 2.75) is 89.6 Å². The summed E-state index contributed by atoms with van der Waals surface area (Å²) in [5.41, 5.74) is -3.06. The van der Waals surface area contributed by atoms with E-state index in [1.807, 2.05) is 18.2 Å². The van der Waals surface area contributed by atoms with E-state index in [9.17, 15) is 28.2 Å². The molecule has 2 N–H and O–H groups in total. The molecule has 0 radical (unpaired) electrons. The van der Waals surface area contributed by atoms with Gasteiger partial charge in [-0.05, 0) is 122 Å². The number of ether oxygens (including phenoxy) is 4. The number of hydrogen-bond acceptors (Lipinski definition) is 9. The average molecular weight is 944 g/mol. The van der Waals surface area contributed by atoms with Gasteiger partial charge in [0.1, 0.15) is 17.3 Å². The molecular weight excluding hydrogens is 887 g/mol. The fourth-order valence-electron chi connectivity index (χ4n) is 13.2. The van der Waals surface area contributed by atoms with Crippen LogP contribution in [0.25, 0.3) is 11.3 Å². The quantitative estimate of drug-likeness (QED) is 0.0995. The predicted octanol–water partition coefficient (Wildman–Crippen LogP) is 10.7. The Morgan fingerprint density at radius 1 is 0.821 bits per heavy atom. The minimum absolute atomic E-state index is 0.00825. The maximum Gasteiger partial charge on any atom is 0.416 e. The molecule has 6 aliphatic rings. The van der Waals surface area contributed by atoms with Crippen molar-refractivity contribution in [3.05, 3.63) is 118 Å². The zero-order valence-corrected chi connectivity index (χ0v) is 39.4. The number of carbonyl (C=O) groups is 2. The second-order valence-electron chi connectivity index (χ2n) is 19.8. The maximum absolute atomic E-state index is 15.3. The molecule has 10 nitrogen and oxygen atoms in total. The summed E-state index contributed by atoms with van der Waals surface area (Å²) < 4.78 is 69.9. The molecular formula is C53H57ClF3NO9. The fraction of sp³-hybridized carbons (Fsp3) is 0.472. The lowest BCUT2D eigenvalue weighted by atomic mass is 9.32. The van der Waals surface area contributed by atoms with E-state index in [0.29, 0.717) is 72.7 Å². The second kappa shape index (κ2) is 16.8. The van der Waals surface area contributed by atoms with E-state index in [1.54, 1.807) is 50.5 Å². The van der Waals surface area contributed by atoms with Crippen LogP contribution in [-0.4, -0.2) is 73.5 Å². The van der Waals surface area contributed by atoms with Crippen LogP contribution in [0, 0.1) is 33.5 Å². The summed E-state index contributed by atoms with van der Waals surface area (Å²) in [6.45, 7) is 4.49. The Morgan fingerprint density at radius 3 is 2.25 bits per heavy atom. The molecule has 6 aliphatic carbocycles. The van der Waals surface area contributed by atoms with Crippen LogP contribution >= 0.6 is 11.6 Å². The van der Waals surface area contributed by atoms with Gasteiger partial charge in [-0.15, -0.1) is 0 Å². The van der Waals surface area contributed by atoms with Crippen molar-refractivity contribution >= 4 is 23.3 Å². The molecule has 3 aromatic carbocycles. The molecule has 14 heteroatoms. The number of benzene rings is 3. The van der Waals surface area contributed by atoms with Crippen molar-refractivity contribution in [3.8, 4) is 34.3 Å². The fourth-order valence-corrected chi connectivity index (χ4v) is 13.4. The zero-order chi connectivity index (χ0) is 47.9. The van der Waals surface area contributed by atoms with E-state index in [4.69, 9.17) is 35.0 Å². The zero-order valence-electron chi connectivity index (χ0n) is 38.6. The molecule has 2 bridgehead atoms. The molecule has 1 heterocycles. The number of halogens is 4. The van der Waals surface area contributed by atoms with Crippen molar-refractivity contribution in [2.24, 2.45) is 33.5 Å². The molecule has 10 rings (SSSR count). The van der Waals surface area contributed by atoms with Crippen LogP contribution in [-0.2, 0) is 23.9 Å². The number of furan rings is 1. The lowest BCUT2D eigenvalue weighted by Crippen LogP contribution is -2.67. The maximum atomic E-state index is 15.3. The first-order valence-electron chi connectivity index (χ1n) is 22.8. The number of alkyl halides is 3. The molecule has 356 valence electrons. The van der Waals surface area contributed by atoms with E-state index < -0.39 is 45.5 Å². The first-order chi connectivity index (χ1) is 31.8. The Kier molecular flexibility index (Phi) is 11.7. The van der Waals surface area contributed by atoms with Crippen LogP contribution in [0.1, 0.15) is 86.0 Å². The number of rotatable bonds is 13. The summed E-state index contributed by atoms with van der Waals surface area (Å²) in [5.74, 6) is 1.16. The number of amides is 1. The highest BCUT2D eigenvalue weighted by atomic mass is 35.5. The summed E-state index contributed by atoms with van der Waals surface area (Å²) in [6.07, 6.45) is 5.17. The number of ketones is 1. The predicted molar refractivity (Wildman–Crippen MR) is 245 cm³/mol. The second-order valence-corrected chi connectivity index (χ2v) is 20.2. The van der Waals surface area contributed by atoms with Gasteiger partial charge in [0.2, 0.25) is 11.7 Å². The molecule has 3 saturated carbocycles. The van der Waals surface area contributed by atoms with E-state index >= 15 is 4.79 Å². The Balaban J connectivity index is 1.10. The largest absolute Gasteiger partial charge is 0.497 e. The SMILES string of the molecule is COc1ccc(CN(C[C@]2(O)CC[C@H]3[C@]45C=C[C@@]6(C=C4C(=O)c4ccc(-c7cc(C(F)(F)F)ccc7Cl)o4)CC(O)CC[C@]6(C)[C@H]5CC[C@@]32C)C(=O)Cc2ccc(OC)c(OC)c2)c(OC)c1. The number of aliphatic hydroxyl groups excluding tert-OH is 1. The van der Waals surface area contributed by atoms with Crippen LogP contribution in [0.2, 0.25) is 5.02 Å². The van der Waals surface area contributed by atoms with Crippen LogP contribution in [0.15, 0.2) is 94.9 Å². The van der Waals surface area contributed by atoms with Crippen molar-refractivity contribution < 1.29 is 56.3 Å². The standard InChI is InChI=1S/C53H57ClF3NO9/c1-48-18-15-34(59)27-50(48)21-22-52(37(28-50)47(61)41-14-13-39(67-41)36-25-33(53(55,56)57)9-11-38(36)54)44(48)16-19-49(2)45(52)17-20-51(49,62)30-58(29-32-8-10-35(63-3)26-42(32)65-5)46(60)24-31-7-12-40(64-4)43(23-31)66-6/h7-14,21-23,25-26,28,34,44-45,59,62H,15-20,24,27,29-30H2,1-6H3/t34?,44-,45-,48-,49+,50+,51-,52-/m1/s1. The Labute approximate surface area is 393 Å². The molecule has 1 aromatic heterocycles. The van der Waals surface area contributed by atoms with Gasteiger partial charge in [0.25, 0.3) is 0 Å². The van der Waals surface area contributed by atoms with Gasteiger partial charge in [0, 0.05) is 45.6 Å². The first kappa shape index (κ1) is 46.9. The first-order valence-corrected chi connectivity index (χ1v) is 23.2. The van der Waals surface area contributed by atoms with Gasteiger partial charge in [0.15, 0.2) is 17.3 Å². The van der Waals surface area contributed by atoms with Crippen molar-refractivity contribution in [2.75, 3.05) is 35.0 Å². The average Bonchev–Trinajstić information content (AvgIpc) is 3.90. The molecule has 8 atom stereocenters. The van der Waals surface area contributed by atoms with E-state index in [1.165, 1.54) is 19.2 Å². The van der Waals surface area contributed by atoms with Crippen LogP contribution < -0.4 is 18.9 Å². The van der Waals surface area contributed by atoms with E-state index in [2.05, 4.69) is 26.0 Å². The normalized spacial score (nSPS) is 30.4. The van der Waals surface area contributed by atoms with Crippen LogP contribution in [0.3, 0.4) is 0 Å². The molecule has 2 spiro atoms. The van der Waals surface area contributed by atoms with Crippen LogP contribution in [0.4, 0.5) is 13.2 Å². The minimum atomic E-state index is -4.62. The molecule has 67 heavy (non-hydrogen) atoms. The molecule has 0 aliphatic heterocycles. The van der Waals surface area contributed by atoms with E-state index in [-0.39, 0.29) is 64.8 Å². The van der Waals surface area contributed by atoms with Crippen molar-refractivity contribution in [1.82, 2.24) is 4.90 Å². The van der Waals surface area contributed by atoms with Gasteiger partial charge in [-0.1, -0.05) is 49.7 Å². The minimum Gasteiger partial charge on any atom is -0.497 e. The third kappa shape index (κ3) is 7.37. The number of nitrogens with zero attached hydrogens (tertiary/aromatic N) is 1. The van der Waals surface area contributed by atoms with Gasteiger partial charge < -0.3 is 38.5 Å². The summed E-state index contributed by atoms with van der Waals surface area (Å²) in [5, 5.41) is 24.7. The Bertz CT molecular complexity index is 2680. The third-order valence-corrected chi connectivity index (χ3v) is 17.1. The van der Waals surface area contributed by atoms with Gasteiger partial charge in [-0.25, -0.2) is 0 Å². The number of aliphatic hydroxyl groups is 2. The van der Waals surface area contributed by atoms with E-state index in [0.717, 1.165) is 30.2 Å². The Hall–Kier alpha value is -5.24. The summed E-state index contributed by atoms with van der Waals surface area (Å²) in [7, 11) is 6.21. The number of methoxy groups -OCH3 is 4. The van der Waals surface area contributed by atoms with Crippen molar-refractivity contribution in [3.63, 3.8) is 0 Å². The van der Waals surface area contributed by atoms with Crippen molar-refractivity contribution in [1.29, 1.82) is 0 Å². The molecule has 3 fully saturated rings. The highest BCUT2D eigenvalue weighted by Crippen LogP contribution is 2.78. The smallest absolute Gasteiger partial charge is 0.416 e. The number of fused-ring (bicyclic) bond motifs is 1. The number of hydrogen-bond donors (Lipinski definition) is 2. The van der Waals surface area contributed by atoms with Gasteiger partial charge in [0.05, 0.1) is 63.7 Å². The Morgan fingerprint density at radius 2 is 1.54 bits per heavy atom.